The van der Waals surface area contributed by atoms with E-state index in [1.165, 1.54) is 19.5 Å². The van der Waals surface area contributed by atoms with Crippen LogP contribution in [0.5, 0.6) is 6.01 Å². The molecule has 2 atom stereocenters. The smallest absolute Gasteiger partial charge is 0.319 e. The first-order valence-electron chi connectivity index (χ1n) is 14.0. The fourth-order valence-electron chi connectivity index (χ4n) is 7.45. The van der Waals surface area contributed by atoms with Gasteiger partial charge in [0, 0.05) is 30.9 Å². The SMILES string of the molecule is Cc1c(F)cc(F)c(-c2ncc3c(N4CC5CCC(C5)C4)nc(OCC45CCCN4CCC5)nc3c2F)c1F. The molecule has 206 valence electrons. The van der Waals surface area contributed by atoms with Gasteiger partial charge in [0.1, 0.15) is 41.1 Å². The lowest BCUT2D eigenvalue weighted by Gasteiger charge is -2.34. The zero-order valence-corrected chi connectivity index (χ0v) is 22.0. The first kappa shape index (κ1) is 25.0. The summed E-state index contributed by atoms with van der Waals surface area (Å²) in [5, 5.41) is 0.367. The molecule has 1 saturated carbocycles. The third kappa shape index (κ3) is 4.05. The number of rotatable bonds is 5. The third-order valence-corrected chi connectivity index (χ3v) is 9.47. The molecule has 0 amide bonds. The normalized spacial score (nSPS) is 24.1. The van der Waals surface area contributed by atoms with Crippen molar-refractivity contribution in [2.24, 2.45) is 11.8 Å². The fourth-order valence-corrected chi connectivity index (χ4v) is 7.45. The molecule has 2 bridgehead atoms. The molecule has 2 unspecified atom stereocenters. The monoisotopic (exact) mass is 541 g/mol. The predicted molar refractivity (Wildman–Crippen MR) is 139 cm³/mol. The Morgan fingerprint density at radius 3 is 2.41 bits per heavy atom. The average Bonchev–Trinajstić information content (AvgIpc) is 3.60. The zero-order chi connectivity index (χ0) is 26.9. The van der Waals surface area contributed by atoms with E-state index in [9.17, 15) is 13.2 Å². The van der Waals surface area contributed by atoms with E-state index in [4.69, 9.17) is 9.72 Å². The number of piperidine rings is 1. The maximum Gasteiger partial charge on any atom is 0.319 e. The molecule has 4 fully saturated rings. The second kappa shape index (κ2) is 9.28. The summed E-state index contributed by atoms with van der Waals surface area (Å²) in [7, 11) is 0. The van der Waals surface area contributed by atoms with Crippen LogP contribution < -0.4 is 9.64 Å². The first-order chi connectivity index (χ1) is 18.8. The van der Waals surface area contributed by atoms with E-state index in [1.54, 1.807) is 0 Å². The number of aromatic nitrogens is 3. The Bertz CT molecular complexity index is 1440. The highest BCUT2D eigenvalue weighted by molar-refractivity contribution is 5.92. The Kier molecular flexibility index (Phi) is 5.95. The summed E-state index contributed by atoms with van der Waals surface area (Å²) in [6, 6.07) is 0.604. The minimum Gasteiger partial charge on any atom is -0.461 e. The van der Waals surface area contributed by atoms with E-state index in [2.05, 4.69) is 19.8 Å². The van der Waals surface area contributed by atoms with Crippen molar-refractivity contribution in [1.29, 1.82) is 0 Å². The minimum absolute atomic E-state index is 0.0517. The Morgan fingerprint density at radius 2 is 1.69 bits per heavy atom. The van der Waals surface area contributed by atoms with Crippen molar-refractivity contribution < 1.29 is 22.3 Å². The van der Waals surface area contributed by atoms with Crippen LogP contribution in [0.25, 0.3) is 22.2 Å². The molecule has 1 aromatic carbocycles. The molecule has 1 aliphatic carbocycles. The zero-order valence-electron chi connectivity index (χ0n) is 22.0. The van der Waals surface area contributed by atoms with Crippen molar-refractivity contribution in [3.05, 3.63) is 41.1 Å². The lowest BCUT2D eigenvalue weighted by Crippen LogP contribution is -2.43. The summed E-state index contributed by atoms with van der Waals surface area (Å²) < 4.78 is 66.0. The van der Waals surface area contributed by atoms with Gasteiger partial charge in [-0.2, -0.15) is 9.97 Å². The van der Waals surface area contributed by atoms with Gasteiger partial charge in [0.05, 0.1) is 16.5 Å². The van der Waals surface area contributed by atoms with Gasteiger partial charge in [-0.3, -0.25) is 9.88 Å². The number of benzene rings is 1. The van der Waals surface area contributed by atoms with E-state index in [-0.39, 0.29) is 17.1 Å². The number of ether oxygens (including phenoxy) is 1. The molecule has 2 aromatic heterocycles. The van der Waals surface area contributed by atoms with Crippen molar-refractivity contribution in [3.63, 3.8) is 0 Å². The van der Waals surface area contributed by atoms with Crippen LogP contribution in [0.3, 0.4) is 0 Å². The number of fused-ring (bicyclic) bond motifs is 4. The van der Waals surface area contributed by atoms with Gasteiger partial charge in [0.25, 0.3) is 0 Å². The highest BCUT2D eigenvalue weighted by Gasteiger charge is 2.45. The molecule has 7 rings (SSSR count). The average molecular weight is 542 g/mol. The lowest BCUT2D eigenvalue weighted by atomic mass is 9.95. The molecule has 3 aliphatic heterocycles. The highest BCUT2D eigenvalue weighted by atomic mass is 19.1. The van der Waals surface area contributed by atoms with Crippen LogP contribution in [-0.2, 0) is 0 Å². The molecule has 5 heterocycles. The lowest BCUT2D eigenvalue weighted by molar-refractivity contribution is 0.108. The van der Waals surface area contributed by atoms with Crippen LogP contribution in [0.2, 0.25) is 0 Å². The summed E-state index contributed by atoms with van der Waals surface area (Å²) >= 11 is 0. The second-order valence-corrected chi connectivity index (χ2v) is 11.8. The first-order valence-corrected chi connectivity index (χ1v) is 14.0. The number of anilines is 1. The van der Waals surface area contributed by atoms with Crippen molar-refractivity contribution >= 4 is 16.7 Å². The fraction of sp³-hybridized carbons (Fsp3) is 0.552. The Morgan fingerprint density at radius 1 is 0.974 bits per heavy atom. The van der Waals surface area contributed by atoms with Gasteiger partial charge in [-0.25, -0.2) is 17.6 Å². The summed E-state index contributed by atoms with van der Waals surface area (Å²) in [6.45, 7) is 5.26. The van der Waals surface area contributed by atoms with Gasteiger partial charge in [0.2, 0.25) is 0 Å². The maximum absolute atomic E-state index is 16.1. The topological polar surface area (TPSA) is 54.4 Å². The van der Waals surface area contributed by atoms with Crippen molar-refractivity contribution in [2.45, 2.75) is 57.4 Å². The van der Waals surface area contributed by atoms with Crippen molar-refractivity contribution in [3.8, 4) is 17.3 Å². The van der Waals surface area contributed by atoms with Crippen LogP contribution in [0.4, 0.5) is 23.4 Å². The molecule has 0 spiro atoms. The van der Waals surface area contributed by atoms with E-state index in [1.807, 2.05) is 0 Å². The van der Waals surface area contributed by atoms with E-state index in [0.29, 0.717) is 35.7 Å². The highest BCUT2D eigenvalue weighted by Crippen LogP contribution is 2.42. The predicted octanol–water partition coefficient (Wildman–Crippen LogP) is 5.80. The Labute approximate surface area is 224 Å². The van der Waals surface area contributed by atoms with Crippen LogP contribution in [-0.4, -0.2) is 58.2 Å². The van der Waals surface area contributed by atoms with E-state index >= 15 is 4.39 Å². The molecule has 3 aromatic rings. The summed E-state index contributed by atoms with van der Waals surface area (Å²) in [6.07, 6.45) is 9.16. The van der Waals surface area contributed by atoms with Gasteiger partial charge < -0.3 is 9.64 Å². The van der Waals surface area contributed by atoms with Crippen LogP contribution in [0.1, 0.15) is 50.5 Å². The van der Waals surface area contributed by atoms with Gasteiger partial charge in [-0.1, -0.05) is 0 Å². The van der Waals surface area contributed by atoms with Crippen LogP contribution >= 0.6 is 0 Å². The molecular weight excluding hydrogens is 510 g/mol. The number of nitrogens with zero attached hydrogens (tertiary/aromatic N) is 5. The number of pyridine rings is 1. The summed E-state index contributed by atoms with van der Waals surface area (Å²) in [5.41, 5.74) is -1.82. The molecule has 0 N–H and O–H groups in total. The van der Waals surface area contributed by atoms with Crippen molar-refractivity contribution in [2.75, 3.05) is 37.7 Å². The summed E-state index contributed by atoms with van der Waals surface area (Å²) in [4.78, 5) is 17.9. The van der Waals surface area contributed by atoms with Gasteiger partial charge in [0.15, 0.2) is 5.82 Å². The second-order valence-electron chi connectivity index (χ2n) is 11.8. The molecule has 39 heavy (non-hydrogen) atoms. The standard InChI is InChI=1S/C29H31F4N5O/c1-16-20(30)11-21(31)22(23(16)32)26-24(33)25-19(12-34-26)27(37-13-17-4-5-18(10-17)14-37)36-28(35-25)39-15-29-6-2-8-38(29)9-3-7-29/h11-12,17-18H,2-10,13-15H2,1H3. The number of halogens is 4. The third-order valence-electron chi connectivity index (χ3n) is 9.47. The number of hydrogen-bond donors (Lipinski definition) is 0. The number of hydrogen-bond acceptors (Lipinski definition) is 6. The molecular formula is C29H31F4N5O. The summed E-state index contributed by atoms with van der Waals surface area (Å²) in [5.74, 6) is -2.80. The van der Waals surface area contributed by atoms with Crippen LogP contribution in [0.15, 0.2) is 12.3 Å². The Hall–Kier alpha value is -3.01. The molecule has 10 heteroatoms. The minimum atomic E-state index is -1.22. The van der Waals surface area contributed by atoms with E-state index in [0.717, 1.165) is 64.7 Å². The molecule has 3 saturated heterocycles. The maximum atomic E-state index is 16.1. The van der Waals surface area contributed by atoms with E-state index < -0.39 is 40.1 Å². The van der Waals surface area contributed by atoms with Gasteiger partial charge in [-0.05, 0) is 76.8 Å². The molecule has 4 aliphatic rings. The van der Waals surface area contributed by atoms with Gasteiger partial charge in [-0.15, -0.1) is 0 Å². The molecule has 0 radical (unpaired) electrons. The van der Waals surface area contributed by atoms with Crippen molar-refractivity contribution in [1.82, 2.24) is 19.9 Å². The largest absolute Gasteiger partial charge is 0.461 e. The van der Waals surface area contributed by atoms with Crippen LogP contribution in [0, 0.1) is 42.0 Å². The quantitative estimate of drug-likeness (QED) is 0.381. The Balaban J connectivity index is 1.34. The molecule has 6 nitrogen and oxygen atoms in total. The van der Waals surface area contributed by atoms with Gasteiger partial charge >= 0.3 is 6.01 Å².